The van der Waals surface area contributed by atoms with E-state index in [0.717, 1.165) is 10.6 Å². The van der Waals surface area contributed by atoms with E-state index in [1.54, 1.807) is 6.92 Å². The van der Waals surface area contributed by atoms with Crippen molar-refractivity contribution in [1.82, 2.24) is 10.3 Å². The zero-order chi connectivity index (χ0) is 17.0. The minimum Gasteiger partial charge on any atom is -0.480 e. The molecule has 6 heteroatoms. The average molecular weight is 332 g/mol. The summed E-state index contributed by atoms with van der Waals surface area (Å²) >= 11 is 1.47. The van der Waals surface area contributed by atoms with Crippen LogP contribution in [0.2, 0.25) is 0 Å². The van der Waals surface area contributed by atoms with Gasteiger partial charge in [-0.3, -0.25) is 4.79 Å². The Labute approximate surface area is 139 Å². The van der Waals surface area contributed by atoms with Crippen molar-refractivity contribution in [3.05, 3.63) is 40.9 Å². The molecule has 0 aliphatic rings. The van der Waals surface area contributed by atoms with Crippen molar-refractivity contribution >= 4 is 23.2 Å². The Balaban J connectivity index is 2.05. The van der Waals surface area contributed by atoms with Crippen LogP contribution in [0.1, 0.15) is 31.5 Å². The van der Waals surface area contributed by atoms with E-state index in [4.69, 9.17) is 0 Å². The first-order valence-electron chi connectivity index (χ1n) is 7.40. The third-order valence-corrected chi connectivity index (χ3v) is 4.73. The summed E-state index contributed by atoms with van der Waals surface area (Å²) in [6.07, 6.45) is 0.394. The normalized spacial score (nSPS) is 13.3. The summed E-state index contributed by atoms with van der Waals surface area (Å²) in [6, 6.07) is 8.03. The lowest BCUT2D eigenvalue weighted by molar-refractivity contribution is -0.146. The fourth-order valence-electron chi connectivity index (χ4n) is 2.03. The molecule has 23 heavy (non-hydrogen) atoms. The van der Waals surface area contributed by atoms with Gasteiger partial charge in [0.25, 0.3) is 0 Å². The molecule has 122 valence electrons. The first kappa shape index (κ1) is 17.1. The molecular formula is C17H20N2O3S. The van der Waals surface area contributed by atoms with Gasteiger partial charge in [-0.15, -0.1) is 11.3 Å². The van der Waals surface area contributed by atoms with Crippen molar-refractivity contribution < 1.29 is 14.7 Å². The lowest BCUT2D eigenvalue weighted by Gasteiger charge is -2.24. The van der Waals surface area contributed by atoms with E-state index in [1.807, 2.05) is 36.6 Å². The third kappa shape index (κ3) is 4.16. The number of hydrogen-bond donors (Lipinski definition) is 2. The van der Waals surface area contributed by atoms with Crippen molar-refractivity contribution in [2.24, 2.45) is 0 Å². The first-order valence-corrected chi connectivity index (χ1v) is 8.28. The van der Waals surface area contributed by atoms with Crippen LogP contribution in [0.3, 0.4) is 0 Å². The number of aromatic nitrogens is 1. The van der Waals surface area contributed by atoms with Crippen LogP contribution < -0.4 is 5.32 Å². The number of benzene rings is 1. The predicted molar refractivity (Wildman–Crippen MR) is 90.5 cm³/mol. The number of carbonyl (C=O) groups excluding carboxylic acids is 1. The fraction of sp³-hybridized carbons (Fsp3) is 0.353. The topological polar surface area (TPSA) is 79.3 Å². The standard InChI is InChI=1S/C17H20N2O3S/c1-4-17(3,16(21)22)19-14(20)9-13-10-23-15(18-13)12-7-5-11(2)6-8-12/h5-8,10H,4,9H2,1-3H3,(H,19,20)(H,21,22). The molecule has 1 heterocycles. The highest BCUT2D eigenvalue weighted by Gasteiger charge is 2.32. The highest BCUT2D eigenvalue weighted by molar-refractivity contribution is 7.13. The molecule has 0 spiro atoms. The van der Waals surface area contributed by atoms with Crippen LogP contribution in [0.4, 0.5) is 0 Å². The Morgan fingerprint density at radius 3 is 2.52 bits per heavy atom. The molecule has 2 aromatic rings. The van der Waals surface area contributed by atoms with Gasteiger partial charge in [-0.05, 0) is 20.3 Å². The van der Waals surface area contributed by atoms with Gasteiger partial charge in [-0.25, -0.2) is 9.78 Å². The van der Waals surface area contributed by atoms with Gasteiger partial charge in [0.15, 0.2) is 0 Å². The largest absolute Gasteiger partial charge is 0.480 e. The number of hydrogen-bond acceptors (Lipinski definition) is 4. The Hall–Kier alpha value is -2.21. The van der Waals surface area contributed by atoms with E-state index in [-0.39, 0.29) is 12.3 Å². The molecule has 2 N–H and O–H groups in total. The maximum Gasteiger partial charge on any atom is 0.329 e. The summed E-state index contributed by atoms with van der Waals surface area (Å²) in [5.41, 5.74) is 1.59. The number of carbonyl (C=O) groups is 2. The van der Waals surface area contributed by atoms with E-state index in [0.29, 0.717) is 12.1 Å². The number of carboxylic acids is 1. The molecule has 1 aromatic carbocycles. The smallest absolute Gasteiger partial charge is 0.329 e. The summed E-state index contributed by atoms with van der Waals surface area (Å²) in [5, 5.41) is 14.5. The second kappa shape index (κ2) is 6.91. The van der Waals surface area contributed by atoms with Gasteiger partial charge < -0.3 is 10.4 Å². The number of aryl methyl sites for hydroxylation is 1. The highest BCUT2D eigenvalue weighted by atomic mass is 32.1. The van der Waals surface area contributed by atoms with Crippen LogP contribution >= 0.6 is 11.3 Å². The Bertz CT molecular complexity index is 709. The van der Waals surface area contributed by atoms with Gasteiger partial charge in [0, 0.05) is 10.9 Å². The van der Waals surface area contributed by atoms with Crippen LogP contribution in [-0.4, -0.2) is 27.5 Å². The van der Waals surface area contributed by atoms with Crippen LogP contribution in [0.15, 0.2) is 29.6 Å². The molecule has 1 aromatic heterocycles. The highest BCUT2D eigenvalue weighted by Crippen LogP contribution is 2.24. The van der Waals surface area contributed by atoms with Crippen LogP contribution in [-0.2, 0) is 16.0 Å². The van der Waals surface area contributed by atoms with Gasteiger partial charge >= 0.3 is 5.97 Å². The molecule has 0 aliphatic heterocycles. The monoisotopic (exact) mass is 332 g/mol. The molecule has 2 rings (SSSR count). The molecular weight excluding hydrogens is 312 g/mol. The molecule has 0 saturated carbocycles. The number of rotatable bonds is 6. The SMILES string of the molecule is CCC(C)(NC(=O)Cc1csc(-c2ccc(C)cc2)n1)C(=O)O. The lowest BCUT2D eigenvalue weighted by atomic mass is 9.99. The average Bonchev–Trinajstić information content (AvgIpc) is 2.95. The van der Waals surface area contributed by atoms with Crippen LogP contribution in [0, 0.1) is 6.92 Å². The maximum atomic E-state index is 12.1. The molecule has 0 bridgehead atoms. The summed E-state index contributed by atoms with van der Waals surface area (Å²) < 4.78 is 0. The minimum atomic E-state index is -1.24. The summed E-state index contributed by atoms with van der Waals surface area (Å²) in [4.78, 5) is 27.8. The molecule has 5 nitrogen and oxygen atoms in total. The van der Waals surface area contributed by atoms with Crippen molar-refractivity contribution in [1.29, 1.82) is 0 Å². The minimum absolute atomic E-state index is 0.0746. The lowest BCUT2D eigenvalue weighted by Crippen LogP contribution is -2.52. The van der Waals surface area contributed by atoms with E-state index in [1.165, 1.54) is 23.8 Å². The molecule has 0 radical (unpaired) electrons. The second-order valence-electron chi connectivity index (χ2n) is 5.73. The Morgan fingerprint density at radius 1 is 1.30 bits per heavy atom. The van der Waals surface area contributed by atoms with E-state index >= 15 is 0 Å². The zero-order valence-corrected chi connectivity index (χ0v) is 14.2. The molecule has 0 aliphatic carbocycles. The van der Waals surface area contributed by atoms with Gasteiger partial charge in [-0.2, -0.15) is 0 Å². The fourth-order valence-corrected chi connectivity index (χ4v) is 2.85. The number of nitrogens with zero attached hydrogens (tertiary/aromatic N) is 1. The van der Waals surface area contributed by atoms with Crippen molar-refractivity contribution in [2.75, 3.05) is 0 Å². The molecule has 1 amide bonds. The van der Waals surface area contributed by atoms with Crippen molar-refractivity contribution in [3.8, 4) is 10.6 Å². The summed E-state index contributed by atoms with van der Waals surface area (Å²) in [6.45, 7) is 5.26. The third-order valence-electron chi connectivity index (χ3n) is 3.79. The maximum absolute atomic E-state index is 12.1. The zero-order valence-electron chi connectivity index (χ0n) is 13.4. The van der Waals surface area contributed by atoms with Gasteiger partial charge in [-0.1, -0.05) is 36.8 Å². The number of thiazole rings is 1. The summed E-state index contributed by atoms with van der Waals surface area (Å²) in [7, 11) is 0. The number of amides is 1. The van der Waals surface area contributed by atoms with E-state index < -0.39 is 11.5 Å². The van der Waals surface area contributed by atoms with E-state index in [9.17, 15) is 14.7 Å². The predicted octanol–water partition coefficient (Wildman–Crippen LogP) is 3.03. The molecule has 0 fully saturated rings. The van der Waals surface area contributed by atoms with Crippen LogP contribution in [0.25, 0.3) is 10.6 Å². The molecule has 1 atom stereocenters. The Kier molecular flexibility index (Phi) is 5.15. The van der Waals surface area contributed by atoms with Crippen molar-refractivity contribution in [2.45, 2.75) is 39.2 Å². The van der Waals surface area contributed by atoms with Crippen molar-refractivity contribution in [3.63, 3.8) is 0 Å². The summed E-state index contributed by atoms with van der Waals surface area (Å²) in [5.74, 6) is -1.37. The first-order chi connectivity index (χ1) is 10.8. The number of nitrogens with one attached hydrogen (secondary N) is 1. The number of carboxylic acid groups (broad SMARTS) is 1. The van der Waals surface area contributed by atoms with Gasteiger partial charge in [0.1, 0.15) is 10.5 Å². The second-order valence-corrected chi connectivity index (χ2v) is 6.58. The molecule has 0 saturated heterocycles. The van der Waals surface area contributed by atoms with Gasteiger partial charge in [0.2, 0.25) is 5.91 Å². The quantitative estimate of drug-likeness (QED) is 0.852. The van der Waals surface area contributed by atoms with Gasteiger partial charge in [0.05, 0.1) is 12.1 Å². The van der Waals surface area contributed by atoms with E-state index in [2.05, 4.69) is 10.3 Å². The van der Waals surface area contributed by atoms with Crippen LogP contribution in [0.5, 0.6) is 0 Å². The number of aliphatic carboxylic acids is 1. The molecule has 1 unspecified atom stereocenters. The Morgan fingerprint density at radius 2 is 1.96 bits per heavy atom.